The van der Waals surface area contributed by atoms with Gasteiger partial charge in [0.2, 0.25) is 0 Å². The number of thioether (sulfide) groups is 1. The molecule has 1 N–H and O–H groups in total. The van der Waals surface area contributed by atoms with Crippen LogP contribution in [0.4, 0.5) is 0 Å². The fraction of sp³-hybridized carbons (Fsp3) is 0.267. The number of nitrogens with zero attached hydrogens (tertiary/aromatic N) is 2. The average molecular weight is 485 g/mol. The predicted molar refractivity (Wildman–Crippen MR) is 145 cm³/mol. The number of carbonyl (C=O) groups is 1. The van der Waals surface area contributed by atoms with Gasteiger partial charge in [-0.2, -0.15) is 0 Å². The van der Waals surface area contributed by atoms with Crippen molar-refractivity contribution in [3.05, 3.63) is 91.0 Å². The van der Waals surface area contributed by atoms with Crippen LogP contribution in [-0.4, -0.2) is 25.9 Å². The Bertz CT molecular complexity index is 1210. The SMILES string of the molecule is CCCCCCCC(Sc1nc(-c2ccccc2)c(-c2ccccc2)n1-c1ccccc1)C(=O)O. The number of para-hydroxylation sites is 1. The zero-order valence-corrected chi connectivity index (χ0v) is 21.0. The molecule has 5 heteroatoms. The Labute approximate surface area is 212 Å². The second kappa shape index (κ2) is 12.4. The van der Waals surface area contributed by atoms with Gasteiger partial charge in [0.05, 0.1) is 11.4 Å². The van der Waals surface area contributed by atoms with E-state index in [1.54, 1.807) is 0 Å². The number of carboxylic acid groups (broad SMARTS) is 1. The Hall–Kier alpha value is -3.31. The van der Waals surface area contributed by atoms with E-state index >= 15 is 0 Å². The standard InChI is InChI=1S/C30H32N2O2S/c1-2-3-4-5-15-22-26(29(33)34)35-30-31-27(23-16-9-6-10-17-23)28(24-18-11-7-12-19-24)32(30)25-20-13-8-14-21-25/h6-14,16-21,26H,2-5,15,22H2,1H3,(H,33,34). The van der Waals surface area contributed by atoms with E-state index in [1.807, 2.05) is 66.7 Å². The van der Waals surface area contributed by atoms with E-state index < -0.39 is 11.2 Å². The molecule has 3 aromatic carbocycles. The minimum absolute atomic E-state index is 0.547. The first-order valence-corrected chi connectivity index (χ1v) is 13.3. The van der Waals surface area contributed by atoms with Crippen LogP contribution in [0.25, 0.3) is 28.2 Å². The van der Waals surface area contributed by atoms with Crippen molar-refractivity contribution in [2.75, 3.05) is 0 Å². The Morgan fingerprint density at radius 2 is 1.40 bits per heavy atom. The molecule has 0 saturated heterocycles. The maximum absolute atomic E-state index is 12.2. The predicted octanol–water partition coefficient (Wildman–Crippen LogP) is 8.11. The molecule has 0 spiro atoms. The van der Waals surface area contributed by atoms with E-state index in [9.17, 15) is 9.90 Å². The lowest BCUT2D eigenvalue weighted by Crippen LogP contribution is -2.17. The van der Waals surface area contributed by atoms with Crippen LogP contribution >= 0.6 is 11.8 Å². The number of unbranched alkanes of at least 4 members (excludes halogenated alkanes) is 4. The summed E-state index contributed by atoms with van der Waals surface area (Å²) in [5.41, 5.74) is 4.85. The summed E-state index contributed by atoms with van der Waals surface area (Å²) in [4.78, 5) is 17.3. The van der Waals surface area contributed by atoms with Gasteiger partial charge in [0, 0.05) is 16.8 Å². The molecule has 0 aliphatic rings. The summed E-state index contributed by atoms with van der Waals surface area (Å²) >= 11 is 1.36. The Morgan fingerprint density at radius 3 is 2.00 bits per heavy atom. The molecule has 0 aliphatic heterocycles. The zero-order chi connectivity index (χ0) is 24.5. The smallest absolute Gasteiger partial charge is 0.317 e. The molecular formula is C30H32N2O2S. The minimum Gasteiger partial charge on any atom is -0.480 e. The molecule has 0 fully saturated rings. The lowest BCUT2D eigenvalue weighted by molar-refractivity contribution is -0.136. The highest BCUT2D eigenvalue weighted by Crippen LogP contribution is 2.39. The lowest BCUT2D eigenvalue weighted by atomic mass is 10.0. The molecule has 1 heterocycles. The first kappa shape index (κ1) is 24.8. The van der Waals surface area contributed by atoms with Gasteiger partial charge in [-0.1, -0.05) is 130 Å². The fourth-order valence-electron chi connectivity index (χ4n) is 4.25. The highest BCUT2D eigenvalue weighted by Gasteiger charge is 2.26. The van der Waals surface area contributed by atoms with Crippen LogP contribution in [0.2, 0.25) is 0 Å². The normalized spacial score (nSPS) is 11.9. The van der Waals surface area contributed by atoms with Crippen molar-refractivity contribution in [3.8, 4) is 28.2 Å². The van der Waals surface area contributed by atoms with Crippen molar-refractivity contribution < 1.29 is 9.90 Å². The van der Waals surface area contributed by atoms with Gasteiger partial charge in [-0.3, -0.25) is 9.36 Å². The molecule has 1 unspecified atom stereocenters. The van der Waals surface area contributed by atoms with Crippen LogP contribution < -0.4 is 0 Å². The van der Waals surface area contributed by atoms with Crippen LogP contribution in [0.1, 0.15) is 45.4 Å². The summed E-state index contributed by atoms with van der Waals surface area (Å²) in [5, 5.41) is 10.2. The molecule has 0 saturated carbocycles. The van der Waals surface area contributed by atoms with Gasteiger partial charge < -0.3 is 5.11 Å². The van der Waals surface area contributed by atoms with Crippen LogP contribution in [0.15, 0.2) is 96.2 Å². The van der Waals surface area contributed by atoms with Gasteiger partial charge in [-0.05, 0) is 18.6 Å². The van der Waals surface area contributed by atoms with Gasteiger partial charge >= 0.3 is 5.97 Å². The van der Waals surface area contributed by atoms with Crippen molar-refractivity contribution >= 4 is 17.7 Å². The second-order valence-electron chi connectivity index (χ2n) is 8.64. The number of imidazole rings is 1. The van der Waals surface area contributed by atoms with E-state index in [-0.39, 0.29) is 0 Å². The summed E-state index contributed by atoms with van der Waals surface area (Å²) in [5.74, 6) is -0.782. The molecule has 4 nitrogen and oxygen atoms in total. The average Bonchev–Trinajstić information content (AvgIpc) is 3.28. The number of hydrogen-bond acceptors (Lipinski definition) is 3. The summed E-state index contributed by atoms with van der Waals surface area (Å²) < 4.78 is 2.12. The van der Waals surface area contributed by atoms with E-state index in [4.69, 9.17) is 4.98 Å². The number of carboxylic acids is 1. The molecule has 0 radical (unpaired) electrons. The Kier molecular flexibility index (Phi) is 8.79. The van der Waals surface area contributed by atoms with Gasteiger partial charge in [0.15, 0.2) is 5.16 Å². The molecule has 35 heavy (non-hydrogen) atoms. The Balaban J connectivity index is 1.80. The molecule has 4 rings (SSSR count). The first-order chi connectivity index (χ1) is 17.2. The number of benzene rings is 3. The van der Waals surface area contributed by atoms with E-state index in [0.29, 0.717) is 11.6 Å². The largest absolute Gasteiger partial charge is 0.480 e. The van der Waals surface area contributed by atoms with Crippen LogP contribution in [-0.2, 0) is 4.79 Å². The molecule has 0 aliphatic carbocycles. The van der Waals surface area contributed by atoms with Crippen molar-refractivity contribution in [1.29, 1.82) is 0 Å². The van der Waals surface area contributed by atoms with Crippen LogP contribution in [0.5, 0.6) is 0 Å². The fourth-order valence-corrected chi connectivity index (χ4v) is 5.33. The molecule has 0 bridgehead atoms. The molecule has 1 aromatic heterocycles. The minimum atomic E-state index is -0.782. The summed E-state index contributed by atoms with van der Waals surface area (Å²) in [6, 6.07) is 30.4. The maximum Gasteiger partial charge on any atom is 0.317 e. The molecular weight excluding hydrogens is 452 g/mol. The summed E-state index contributed by atoms with van der Waals surface area (Å²) in [6.07, 6.45) is 6.14. The number of aliphatic carboxylic acids is 1. The second-order valence-corrected chi connectivity index (χ2v) is 9.81. The topological polar surface area (TPSA) is 55.1 Å². The molecule has 0 amide bonds. The van der Waals surface area contributed by atoms with E-state index in [0.717, 1.165) is 47.5 Å². The van der Waals surface area contributed by atoms with E-state index in [2.05, 4.69) is 35.8 Å². The first-order valence-electron chi connectivity index (χ1n) is 12.4. The molecule has 180 valence electrons. The summed E-state index contributed by atoms with van der Waals surface area (Å²) in [7, 11) is 0. The van der Waals surface area contributed by atoms with Gasteiger partial charge in [-0.25, -0.2) is 4.98 Å². The van der Waals surface area contributed by atoms with Crippen molar-refractivity contribution in [3.63, 3.8) is 0 Å². The van der Waals surface area contributed by atoms with Crippen LogP contribution in [0.3, 0.4) is 0 Å². The van der Waals surface area contributed by atoms with E-state index in [1.165, 1.54) is 24.6 Å². The van der Waals surface area contributed by atoms with Crippen LogP contribution in [0, 0.1) is 0 Å². The lowest BCUT2D eigenvalue weighted by Gasteiger charge is -2.15. The zero-order valence-electron chi connectivity index (χ0n) is 20.1. The number of hydrogen-bond donors (Lipinski definition) is 1. The molecule has 1 atom stereocenters. The third kappa shape index (κ3) is 6.23. The number of aromatic nitrogens is 2. The maximum atomic E-state index is 12.2. The quantitative estimate of drug-likeness (QED) is 0.163. The monoisotopic (exact) mass is 484 g/mol. The highest BCUT2D eigenvalue weighted by atomic mass is 32.2. The van der Waals surface area contributed by atoms with Gasteiger partial charge in [0.1, 0.15) is 5.25 Å². The van der Waals surface area contributed by atoms with Gasteiger partial charge in [0.25, 0.3) is 0 Å². The third-order valence-corrected chi connectivity index (χ3v) is 7.25. The number of rotatable bonds is 12. The Morgan fingerprint density at radius 1 is 0.829 bits per heavy atom. The summed E-state index contributed by atoms with van der Waals surface area (Å²) in [6.45, 7) is 2.19. The highest BCUT2D eigenvalue weighted by molar-refractivity contribution is 8.00. The molecule has 4 aromatic rings. The third-order valence-electron chi connectivity index (χ3n) is 6.05. The van der Waals surface area contributed by atoms with Gasteiger partial charge in [-0.15, -0.1) is 0 Å². The van der Waals surface area contributed by atoms with Crippen molar-refractivity contribution in [2.45, 2.75) is 55.9 Å². The van der Waals surface area contributed by atoms with Crippen molar-refractivity contribution in [1.82, 2.24) is 9.55 Å². The van der Waals surface area contributed by atoms with Crippen molar-refractivity contribution in [2.24, 2.45) is 0 Å².